The number of rotatable bonds is 6. The van der Waals surface area contributed by atoms with E-state index < -0.39 is 34.9 Å². The number of carboxylic acid groups (broad SMARTS) is 1. The molecular weight excluding hydrogens is 340 g/mol. The summed E-state index contributed by atoms with van der Waals surface area (Å²) in [4.78, 5) is 49.3. The Bertz CT molecular complexity index is 732. The molecular formula is C18H22N2O6. The zero-order valence-corrected chi connectivity index (χ0v) is 14.9. The summed E-state index contributed by atoms with van der Waals surface area (Å²) in [5, 5.41) is 9.36. The van der Waals surface area contributed by atoms with E-state index in [4.69, 9.17) is 10.5 Å². The minimum absolute atomic E-state index is 0.0403. The van der Waals surface area contributed by atoms with Crippen molar-refractivity contribution >= 4 is 23.8 Å². The van der Waals surface area contributed by atoms with E-state index in [1.165, 1.54) is 0 Å². The van der Waals surface area contributed by atoms with Crippen molar-refractivity contribution in [1.82, 2.24) is 4.90 Å². The van der Waals surface area contributed by atoms with Crippen LogP contribution in [0.3, 0.4) is 0 Å². The van der Waals surface area contributed by atoms with E-state index in [0.717, 1.165) is 4.90 Å². The topological polar surface area (TPSA) is 127 Å². The van der Waals surface area contributed by atoms with Crippen LogP contribution < -0.4 is 5.73 Å². The van der Waals surface area contributed by atoms with Gasteiger partial charge in [0, 0.05) is 6.54 Å². The monoisotopic (exact) mass is 362 g/mol. The van der Waals surface area contributed by atoms with Gasteiger partial charge in [0.25, 0.3) is 11.8 Å². The lowest BCUT2D eigenvalue weighted by Gasteiger charge is -2.28. The quantitative estimate of drug-likeness (QED) is 0.442. The number of imide groups is 1. The molecule has 8 heteroatoms. The first-order valence-electron chi connectivity index (χ1n) is 8.18. The van der Waals surface area contributed by atoms with Gasteiger partial charge in [0.2, 0.25) is 5.54 Å². The van der Waals surface area contributed by atoms with Crippen molar-refractivity contribution in [2.24, 2.45) is 5.73 Å². The Morgan fingerprint density at radius 1 is 1.12 bits per heavy atom. The van der Waals surface area contributed by atoms with E-state index in [-0.39, 0.29) is 19.4 Å². The number of fused-ring (bicyclic) bond motifs is 1. The third-order valence-electron chi connectivity index (χ3n) is 3.98. The van der Waals surface area contributed by atoms with E-state index in [1.807, 2.05) is 0 Å². The lowest BCUT2D eigenvalue weighted by molar-refractivity contribution is -0.169. The first kappa shape index (κ1) is 19.6. The van der Waals surface area contributed by atoms with Crippen molar-refractivity contribution in [3.63, 3.8) is 0 Å². The van der Waals surface area contributed by atoms with Gasteiger partial charge < -0.3 is 15.6 Å². The maximum absolute atomic E-state index is 12.3. The van der Waals surface area contributed by atoms with Crippen LogP contribution >= 0.6 is 0 Å². The van der Waals surface area contributed by atoms with Gasteiger partial charge >= 0.3 is 11.9 Å². The average Bonchev–Trinajstić information content (AvgIpc) is 2.78. The highest BCUT2D eigenvalue weighted by molar-refractivity contribution is 6.21. The number of carboxylic acids is 1. The Morgan fingerprint density at radius 2 is 1.62 bits per heavy atom. The van der Waals surface area contributed by atoms with Gasteiger partial charge in [0.15, 0.2) is 0 Å². The van der Waals surface area contributed by atoms with Gasteiger partial charge in [-0.15, -0.1) is 0 Å². The maximum Gasteiger partial charge on any atom is 0.338 e. The van der Waals surface area contributed by atoms with E-state index in [0.29, 0.717) is 11.1 Å². The molecule has 2 rings (SSSR count). The van der Waals surface area contributed by atoms with Crippen molar-refractivity contribution < 1.29 is 29.0 Å². The molecule has 1 aliphatic rings. The summed E-state index contributed by atoms with van der Waals surface area (Å²) in [6, 6.07) is 6.43. The highest BCUT2D eigenvalue weighted by Gasteiger charge is 2.45. The highest BCUT2D eigenvalue weighted by atomic mass is 16.6. The van der Waals surface area contributed by atoms with Crippen LogP contribution in [0.4, 0.5) is 0 Å². The van der Waals surface area contributed by atoms with Crippen LogP contribution in [0.2, 0.25) is 0 Å². The first-order valence-corrected chi connectivity index (χ1v) is 8.18. The van der Waals surface area contributed by atoms with Crippen LogP contribution in [-0.2, 0) is 14.3 Å². The average molecular weight is 362 g/mol. The molecule has 1 aromatic carbocycles. The third-order valence-corrected chi connectivity index (χ3v) is 3.98. The molecule has 0 spiro atoms. The fourth-order valence-corrected chi connectivity index (χ4v) is 2.62. The highest BCUT2D eigenvalue weighted by Crippen LogP contribution is 2.24. The van der Waals surface area contributed by atoms with Crippen molar-refractivity contribution in [2.75, 3.05) is 6.54 Å². The molecule has 26 heavy (non-hydrogen) atoms. The standard InChI is InChI=1S/C18H22N2O6/c1-17(2,3)26-16(25)18(19,15(23)24)9-6-10-20-13(21)11-7-4-5-8-12(11)14(20)22/h4-5,7-8H,6,9-10,19H2,1-3H3,(H,23,24)/t18-/m0/s1. The molecule has 1 aliphatic heterocycles. The van der Waals surface area contributed by atoms with Crippen molar-refractivity contribution in [3.8, 4) is 0 Å². The third kappa shape index (κ3) is 3.75. The van der Waals surface area contributed by atoms with E-state index in [9.17, 15) is 24.3 Å². The summed E-state index contributed by atoms with van der Waals surface area (Å²) in [7, 11) is 0. The number of nitrogens with zero attached hydrogens (tertiary/aromatic N) is 1. The van der Waals surface area contributed by atoms with Crippen molar-refractivity contribution in [2.45, 2.75) is 44.8 Å². The second-order valence-corrected chi connectivity index (χ2v) is 7.19. The molecule has 1 atom stereocenters. The lowest BCUT2D eigenvalue weighted by atomic mass is 9.94. The molecule has 0 unspecified atom stereocenters. The normalized spacial score (nSPS) is 16.2. The number of ether oxygens (including phenoxy) is 1. The van der Waals surface area contributed by atoms with E-state index >= 15 is 0 Å². The van der Waals surface area contributed by atoms with Crippen LogP contribution in [0.5, 0.6) is 0 Å². The minimum atomic E-state index is -2.24. The number of esters is 1. The molecule has 0 bridgehead atoms. The van der Waals surface area contributed by atoms with E-state index in [1.54, 1.807) is 45.0 Å². The number of benzene rings is 1. The number of carbonyl (C=O) groups excluding carboxylic acids is 3. The molecule has 2 amide bonds. The fourth-order valence-electron chi connectivity index (χ4n) is 2.62. The fraction of sp³-hybridized carbons (Fsp3) is 0.444. The lowest BCUT2D eigenvalue weighted by Crippen LogP contribution is -2.57. The van der Waals surface area contributed by atoms with Gasteiger partial charge in [-0.25, -0.2) is 9.59 Å². The number of aliphatic carboxylic acids is 1. The Kier molecular flexibility index (Phi) is 5.18. The molecule has 1 aromatic rings. The van der Waals surface area contributed by atoms with Crippen LogP contribution in [0.15, 0.2) is 24.3 Å². The molecule has 3 N–H and O–H groups in total. The van der Waals surface area contributed by atoms with Gasteiger partial charge in [-0.1, -0.05) is 12.1 Å². The number of nitrogens with two attached hydrogens (primary N) is 1. The zero-order chi connectivity index (χ0) is 19.7. The Balaban J connectivity index is 2.05. The summed E-state index contributed by atoms with van der Waals surface area (Å²) in [6.45, 7) is 4.77. The van der Waals surface area contributed by atoms with Crippen LogP contribution in [0.1, 0.15) is 54.3 Å². The molecule has 0 fully saturated rings. The second kappa shape index (κ2) is 6.87. The molecule has 0 saturated heterocycles. The number of hydrogen-bond donors (Lipinski definition) is 2. The summed E-state index contributed by atoms with van der Waals surface area (Å²) < 4.78 is 5.09. The molecule has 0 aromatic heterocycles. The van der Waals surface area contributed by atoms with E-state index in [2.05, 4.69) is 0 Å². The second-order valence-electron chi connectivity index (χ2n) is 7.19. The Hall–Kier alpha value is -2.74. The van der Waals surface area contributed by atoms with Crippen molar-refractivity contribution in [1.29, 1.82) is 0 Å². The first-order chi connectivity index (χ1) is 12.0. The predicted molar refractivity (Wildman–Crippen MR) is 91.4 cm³/mol. The molecule has 0 radical (unpaired) electrons. The number of amides is 2. The van der Waals surface area contributed by atoms with Gasteiger partial charge in [0.05, 0.1) is 11.1 Å². The number of carbonyl (C=O) groups is 4. The summed E-state index contributed by atoms with van der Waals surface area (Å²) >= 11 is 0. The van der Waals surface area contributed by atoms with Gasteiger partial charge in [-0.3, -0.25) is 14.5 Å². The smallest absolute Gasteiger partial charge is 0.338 e. The van der Waals surface area contributed by atoms with Crippen LogP contribution in [0.25, 0.3) is 0 Å². The predicted octanol–water partition coefficient (Wildman–Crippen LogP) is 1.19. The van der Waals surface area contributed by atoms with Crippen LogP contribution in [0, 0.1) is 0 Å². The Labute approximate surface area is 150 Å². The zero-order valence-electron chi connectivity index (χ0n) is 14.9. The van der Waals surface area contributed by atoms with Crippen LogP contribution in [-0.4, -0.2) is 51.4 Å². The summed E-state index contributed by atoms with van der Waals surface area (Å²) in [5.74, 6) is -3.46. The van der Waals surface area contributed by atoms with Gasteiger partial charge in [-0.2, -0.15) is 0 Å². The largest absolute Gasteiger partial charge is 0.479 e. The summed E-state index contributed by atoms with van der Waals surface area (Å²) in [5.41, 5.74) is 3.25. The van der Waals surface area contributed by atoms with Crippen molar-refractivity contribution in [3.05, 3.63) is 35.4 Å². The van der Waals surface area contributed by atoms with Gasteiger partial charge in [0.1, 0.15) is 5.60 Å². The summed E-state index contributed by atoms with van der Waals surface area (Å²) in [6.07, 6.45) is -0.224. The maximum atomic E-state index is 12.3. The Morgan fingerprint density at radius 3 is 2.04 bits per heavy atom. The molecule has 0 saturated carbocycles. The molecule has 1 heterocycles. The SMILES string of the molecule is CC(C)(C)OC(=O)[C@](N)(CCCN1C(=O)c2ccccc2C1=O)C(=O)O. The van der Waals surface area contributed by atoms with Gasteiger partial charge in [-0.05, 0) is 45.7 Å². The minimum Gasteiger partial charge on any atom is -0.479 e. The molecule has 8 nitrogen and oxygen atoms in total. The molecule has 0 aliphatic carbocycles. The number of hydrogen-bond acceptors (Lipinski definition) is 6. The molecule has 140 valence electrons.